The Balaban J connectivity index is 2.62. The van der Waals surface area contributed by atoms with E-state index in [-0.39, 0.29) is 5.91 Å². The molecule has 5 nitrogen and oxygen atoms in total. The summed E-state index contributed by atoms with van der Waals surface area (Å²) in [5, 5.41) is 3.25. The first-order chi connectivity index (χ1) is 10.3. The Morgan fingerprint density at radius 2 is 1.86 bits per heavy atom. The first-order valence-corrected chi connectivity index (χ1v) is 7.57. The highest BCUT2D eigenvalue weighted by Gasteiger charge is 2.34. The molecule has 0 aliphatic carbocycles. The quantitative estimate of drug-likeness (QED) is 0.782. The molecule has 0 aromatic heterocycles. The normalized spacial score (nSPS) is 12.4. The highest BCUT2D eigenvalue weighted by atomic mass is 35.5. The summed E-state index contributed by atoms with van der Waals surface area (Å²) < 4.78 is 10.8. The predicted octanol–water partition coefficient (Wildman–Crippen LogP) is 2.96. The van der Waals surface area contributed by atoms with Gasteiger partial charge in [-0.05, 0) is 51.5 Å². The van der Waals surface area contributed by atoms with Gasteiger partial charge in [0.2, 0.25) is 0 Å². The minimum atomic E-state index is -1.22. The van der Waals surface area contributed by atoms with Crippen molar-refractivity contribution in [1.29, 1.82) is 0 Å². The van der Waals surface area contributed by atoms with Gasteiger partial charge in [-0.2, -0.15) is 0 Å². The van der Waals surface area contributed by atoms with Crippen molar-refractivity contribution in [1.82, 2.24) is 5.32 Å². The Hall–Kier alpha value is -1.75. The van der Waals surface area contributed by atoms with E-state index in [1.807, 2.05) is 6.92 Å². The smallest absolute Gasteiger partial charge is 0.350 e. The minimum absolute atomic E-state index is 0.322. The van der Waals surface area contributed by atoms with Crippen LogP contribution in [0.5, 0.6) is 5.75 Å². The number of hydrogen-bond donors (Lipinski definition) is 1. The molecule has 1 unspecified atom stereocenters. The second kappa shape index (κ2) is 8.03. The monoisotopic (exact) mass is 327 g/mol. The van der Waals surface area contributed by atoms with Crippen LogP contribution in [0.3, 0.4) is 0 Å². The summed E-state index contributed by atoms with van der Waals surface area (Å²) >= 11 is 5.80. The molecule has 1 aromatic rings. The van der Waals surface area contributed by atoms with Crippen LogP contribution in [-0.2, 0) is 14.3 Å². The lowest BCUT2D eigenvalue weighted by atomic mass is 10.1. The van der Waals surface area contributed by atoms with Crippen LogP contribution in [-0.4, -0.2) is 30.1 Å². The van der Waals surface area contributed by atoms with E-state index in [0.717, 1.165) is 6.42 Å². The van der Waals surface area contributed by atoms with Gasteiger partial charge in [0.1, 0.15) is 5.75 Å². The van der Waals surface area contributed by atoms with Crippen molar-refractivity contribution in [2.45, 2.75) is 45.8 Å². The van der Waals surface area contributed by atoms with Gasteiger partial charge in [-0.15, -0.1) is 0 Å². The number of nitrogens with one attached hydrogen (secondary N) is 1. The second-order valence-electron chi connectivity index (χ2n) is 5.40. The van der Waals surface area contributed by atoms with Gasteiger partial charge in [-0.1, -0.05) is 18.5 Å². The molecule has 1 aromatic carbocycles. The molecule has 0 aliphatic heterocycles. The third-order valence-corrected chi connectivity index (χ3v) is 3.13. The van der Waals surface area contributed by atoms with Crippen LogP contribution in [0.25, 0.3) is 0 Å². The van der Waals surface area contributed by atoms with E-state index in [0.29, 0.717) is 17.3 Å². The Bertz CT molecular complexity index is 513. The van der Waals surface area contributed by atoms with Gasteiger partial charge in [0, 0.05) is 11.6 Å². The zero-order chi connectivity index (χ0) is 16.8. The van der Waals surface area contributed by atoms with Gasteiger partial charge in [-0.3, -0.25) is 4.79 Å². The topological polar surface area (TPSA) is 64.6 Å². The number of carbonyl (C=O) groups excluding carboxylic acids is 2. The first kappa shape index (κ1) is 18.3. The van der Waals surface area contributed by atoms with Gasteiger partial charge < -0.3 is 14.8 Å². The molecule has 0 saturated heterocycles. The van der Waals surface area contributed by atoms with Gasteiger partial charge >= 0.3 is 5.97 Å². The van der Waals surface area contributed by atoms with Crippen LogP contribution in [0.4, 0.5) is 0 Å². The number of amides is 1. The second-order valence-corrected chi connectivity index (χ2v) is 5.84. The number of hydrogen-bond acceptors (Lipinski definition) is 4. The molecule has 1 amide bonds. The van der Waals surface area contributed by atoms with Crippen molar-refractivity contribution in [3.05, 3.63) is 29.3 Å². The molecule has 0 spiro atoms. The van der Waals surface area contributed by atoms with Crippen molar-refractivity contribution in [3.8, 4) is 5.75 Å². The van der Waals surface area contributed by atoms with Gasteiger partial charge in [0.15, 0.2) is 11.7 Å². The average Bonchev–Trinajstić information content (AvgIpc) is 2.46. The highest BCUT2D eigenvalue weighted by molar-refractivity contribution is 6.30. The summed E-state index contributed by atoms with van der Waals surface area (Å²) in [5.41, 5.74) is -1.22. The maximum atomic E-state index is 12.2. The Morgan fingerprint density at radius 1 is 1.27 bits per heavy atom. The minimum Gasteiger partial charge on any atom is -0.476 e. The maximum absolute atomic E-state index is 12.2. The number of benzene rings is 1. The Kier molecular flexibility index (Phi) is 6.68. The van der Waals surface area contributed by atoms with Crippen molar-refractivity contribution in [2.24, 2.45) is 0 Å². The largest absolute Gasteiger partial charge is 0.476 e. The molecule has 0 radical (unpaired) electrons. The fourth-order valence-electron chi connectivity index (χ4n) is 1.59. The molecule has 6 heteroatoms. The molecule has 0 aliphatic rings. The van der Waals surface area contributed by atoms with Gasteiger partial charge in [-0.25, -0.2) is 4.79 Å². The van der Waals surface area contributed by atoms with E-state index in [9.17, 15) is 9.59 Å². The van der Waals surface area contributed by atoms with Crippen LogP contribution in [0.15, 0.2) is 24.3 Å². The summed E-state index contributed by atoms with van der Waals surface area (Å²) in [4.78, 5) is 23.9. The number of rotatable bonds is 7. The third kappa shape index (κ3) is 5.56. The van der Waals surface area contributed by atoms with Crippen LogP contribution in [0.2, 0.25) is 5.02 Å². The van der Waals surface area contributed by atoms with Crippen LogP contribution in [0.1, 0.15) is 34.1 Å². The summed E-state index contributed by atoms with van der Waals surface area (Å²) in [6.07, 6.45) is -0.0513. The van der Waals surface area contributed by atoms with Crippen LogP contribution < -0.4 is 10.1 Å². The standard InChI is InChI=1S/C16H22ClNO4/c1-5-10-18-14(19)11(2)21-15(20)16(3,4)22-13-8-6-12(17)7-9-13/h6-9,11H,5,10H2,1-4H3,(H,18,19). The lowest BCUT2D eigenvalue weighted by Gasteiger charge is -2.26. The fourth-order valence-corrected chi connectivity index (χ4v) is 1.71. The molecule has 1 rings (SSSR count). The zero-order valence-corrected chi connectivity index (χ0v) is 14.1. The van der Waals surface area contributed by atoms with E-state index in [4.69, 9.17) is 21.1 Å². The highest BCUT2D eigenvalue weighted by Crippen LogP contribution is 2.22. The Morgan fingerprint density at radius 3 is 2.41 bits per heavy atom. The molecule has 122 valence electrons. The van der Waals surface area contributed by atoms with E-state index in [1.165, 1.54) is 6.92 Å². The maximum Gasteiger partial charge on any atom is 0.350 e. The number of carbonyl (C=O) groups is 2. The van der Waals surface area contributed by atoms with E-state index in [2.05, 4.69) is 5.32 Å². The van der Waals surface area contributed by atoms with E-state index < -0.39 is 17.7 Å². The predicted molar refractivity (Wildman–Crippen MR) is 85.0 cm³/mol. The molecule has 1 N–H and O–H groups in total. The van der Waals surface area contributed by atoms with Crippen LogP contribution >= 0.6 is 11.6 Å². The number of esters is 1. The SMILES string of the molecule is CCCNC(=O)C(C)OC(=O)C(C)(C)Oc1ccc(Cl)cc1. The molecular weight excluding hydrogens is 306 g/mol. The molecule has 22 heavy (non-hydrogen) atoms. The molecule has 0 bridgehead atoms. The number of halogens is 1. The van der Waals surface area contributed by atoms with Crippen molar-refractivity contribution < 1.29 is 19.1 Å². The number of ether oxygens (including phenoxy) is 2. The van der Waals surface area contributed by atoms with Crippen molar-refractivity contribution in [3.63, 3.8) is 0 Å². The molecule has 0 fully saturated rings. The van der Waals surface area contributed by atoms with E-state index >= 15 is 0 Å². The molecule has 0 heterocycles. The summed E-state index contributed by atoms with van der Waals surface area (Å²) in [5.74, 6) is -0.437. The van der Waals surface area contributed by atoms with Crippen molar-refractivity contribution >= 4 is 23.5 Å². The molecular formula is C16H22ClNO4. The summed E-state index contributed by atoms with van der Waals surface area (Å²) in [7, 11) is 0. The molecule has 0 saturated carbocycles. The fraction of sp³-hybridized carbons (Fsp3) is 0.500. The Labute approximate surface area is 135 Å². The van der Waals surface area contributed by atoms with Crippen LogP contribution in [0, 0.1) is 0 Å². The van der Waals surface area contributed by atoms with E-state index in [1.54, 1.807) is 38.1 Å². The lowest BCUT2D eigenvalue weighted by Crippen LogP contribution is -2.44. The third-order valence-electron chi connectivity index (χ3n) is 2.88. The summed E-state index contributed by atoms with van der Waals surface area (Å²) in [6, 6.07) is 6.65. The summed E-state index contributed by atoms with van der Waals surface area (Å²) in [6.45, 7) is 7.19. The molecule has 1 atom stereocenters. The first-order valence-electron chi connectivity index (χ1n) is 7.19. The lowest BCUT2D eigenvalue weighted by molar-refractivity contribution is -0.167. The van der Waals surface area contributed by atoms with Gasteiger partial charge in [0.25, 0.3) is 5.91 Å². The zero-order valence-electron chi connectivity index (χ0n) is 13.3. The van der Waals surface area contributed by atoms with Gasteiger partial charge in [0.05, 0.1) is 0 Å². The average molecular weight is 328 g/mol. The van der Waals surface area contributed by atoms with Crippen molar-refractivity contribution in [2.75, 3.05) is 6.54 Å².